The molecular weight excluding hydrogens is 306 g/mol. The number of hydrogen-bond donors (Lipinski definition) is 0. The Hall–Kier alpha value is -2.18. The second-order valence-electron chi connectivity index (χ2n) is 4.21. The molecule has 1 aromatic heterocycles. The highest BCUT2D eigenvalue weighted by Gasteiger charge is 2.11. The molecule has 106 valence electrons. The van der Waals surface area contributed by atoms with Gasteiger partial charge >= 0.3 is 0 Å². The third kappa shape index (κ3) is 3.12. The summed E-state index contributed by atoms with van der Waals surface area (Å²) in [5.41, 5.74) is 0.975. The Bertz CT molecular complexity index is 786. The zero-order valence-corrected chi connectivity index (χ0v) is 12.5. The van der Waals surface area contributed by atoms with Gasteiger partial charge in [-0.15, -0.1) is 11.3 Å². The molecule has 1 aliphatic rings. The topological polar surface area (TPSA) is 40.5 Å². The monoisotopic (exact) mass is 317 g/mol. The zero-order chi connectivity index (χ0) is 14.7. The molecule has 2 aromatic rings. The summed E-state index contributed by atoms with van der Waals surface area (Å²) in [6.45, 7) is 0.262. The van der Waals surface area contributed by atoms with Gasteiger partial charge in [0.05, 0.1) is 0 Å². The van der Waals surface area contributed by atoms with E-state index in [0.29, 0.717) is 3.95 Å². The van der Waals surface area contributed by atoms with Gasteiger partial charge < -0.3 is 9.47 Å². The van der Waals surface area contributed by atoms with E-state index in [-0.39, 0.29) is 12.7 Å². The number of allylic oxidation sites excluding steroid dienone is 3. The van der Waals surface area contributed by atoms with Crippen molar-refractivity contribution in [1.82, 2.24) is 4.57 Å². The van der Waals surface area contributed by atoms with E-state index in [0.717, 1.165) is 17.1 Å². The van der Waals surface area contributed by atoms with Crippen molar-refractivity contribution in [2.24, 2.45) is 0 Å². The molecule has 21 heavy (non-hydrogen) atoms. The molecule has 0 spiro atoms. The maximum Gasteiger partial charge on any atom is 0.256 e. The van der Waals surface area contributed by atoms with Gasteiger partial charge in [0, 0.05) is 17.7 Å². The van der Waals surface area contributed by atoms with Crippen LogP contribution in [0.4, 0.5) is 0 Å². The fourth-order valence-electron chi connectivity index (χ4n) is 1.83. The van der Waals surface area contributed by atoms with E-state index in [1.165, 1.54) is 22.0 Å². The molecule has 6 heteroatoms. The number of rotatable bonds is 3. The fourth-order valence-corrected chi connectivity index (χ4v) is 2.71. The van der Waals surface area contributed by atoms with Crippen LogP contribution in [0.5, 0.6) is 11.5 Å². The number of nitrogens with zero attached hydrogens (tertiary/aromatic N) is 1. The highest BCUT2D eigenvalue weighted by Crippen LogP contribution is 2.32. The smallest absolute Gasteiger partial charge is 0.256 e. The zero-order valence-electron chi connectivity index (χ0n) is 10.9. The molecule has 4 nitrogen and oxygen atoms in total. The van der Waals surface area contributed by atoms with E-state index in [4.69, 9.17) is 21.7 Å². The van der Waals surface area contributed by atoms with Crippen LogP contribution in [0, 0.1) is 3.95 Å². The first kappa shape index (κ1) is 13.8. The first-order chi connectivity index (χ1) is 10.2. The molecule has 3 rings (SSSR count). The number of thiazole rings is 1. The minimum absolute atomic E-state index is 0.156. The molecular formula is C15H11NO3S2. The third-order valence-electron chi connectivity index (χ3n) is 2.85. The second kappa shape index (κ2) is 6.07. The van der Waals surface area contributed by atoms with E-state index < -0.39 is 0 Å². The number of ether oxygens (including phenoxy) is 2. The second-order valence-corrected chi connectivity index (χ2v) is 5.75. The number of hydrogen-bond acceptors (Lipinski definition) is 5. The Morgan fingerprint density at radius 3 is 2.95 bits per heavy atom. The first-order valence-corrected chi connectivity index (χ1v) is 7.48. The minimum Gasteiger partial charge on any atom is -0.454 e. The average Bonchev–Trinajstić information content (AvgIpc) is 3.11. The van der Waals surface area contributed by atoms with Crippen LogP contribution in [0.3, 0.4) is 0 Å². The Kier molecular flexibility index (Phi) is 3.98. The maximum absolute atomic E-state index is 11.8. The van der Waals surface area contributed by atoms with Gasteiger partial charge in [-0.1, -0.05) is 24.3 Å². The van der Waals surface area contributed by atoms with Crippen molar-refractivity contribution in [3.63, 3.8) is 0 Å². The van der Waals surface area contributed by atoms with Crippen molar-refractivity contribution in [3.8, 4) is 11.5 Å². The van der Waals surface area contributed by atoms with Gasteiger partial charge in [-0.3, -0.25) is 9.36 Å². The molecule has 0 atom stereocenters. The van der Waals surface area contributed by atoms with Crippen molar-refractivity contribution >= 4 is 35.5 Å². The van der Waals surface area contributed by atoms with Crippen LogP contribution in [0.25, 0.3) is 6.08 Å². The summed E-state index contributed by atoms with van der Waals surface area (Å²) in [6, 6.07) is 5.68. The summed E-state index contributed by atoms with van der Waals surface area (Å²) in [5.74, 6) is 1.34. The van der Waals surface area contributed by atoms with Crippen molar-refractivity contribution in [2.75, 3.05) is 6.79 Å². The van der Waals surface area contributed by atoms with E-state index >= 15 is 0 Å². The van der Waals surface area contributed by atoms with Gasteiger partial charge in [0.15, 0.2) is 15.5 Å². The standard InChI is InChI=1S/C15H11NO3S2/c17-14(16-7-8-21-15(16)20)4-2-1-3-11-5-6-12-13(9-11)19-10-18-12/h1-9H,10H2. The van der Waals surface area contributed by atoms with Crippen LogP contribution >= 0.6 is 23.6 Å². The fraction of sp³-hybridized carbons (Fsp3) is 0.0667. The van der Waals surface area contributed by atoms with Crippen LogP contribution in [-0.2, 0) is 0 Å². The van der Waals surface area contributed by atoms with Gasteiger partial charge in [-0.25, -0.2) is 0 Å². The normalized spacial score (nSPS) is 13.3. The lowest BCUT2D eigenvalue weighted by Crippen LogP contribution is -2.04. The van der Waals surface area contributed by atoms with Crippen molar-refractivity contribution < 1.29 is 14.3 Å². The van der Waals surface area contributed by atoms with Gasteiger partial charge in [-0.2, -0.15) is 0 Å². The summed E-state index contributed by atoms with van der Waals surface area (Å²) in [7, 11) is 0. The van der Waals surface area contributed by atoms with Crippen molar-refractivity contribution in [1.29, 1.82) is 0 Å². The Labute approximate surface area is 130 Å². The van der Waals surface area contributed by atoms with E-state index in [9.17, 15) is 4.79 Å². The average molecular weight is 317 g/mol. The van der Waals surface area contributed by atoms with E-state index in [2.05, 4.69) is 0 Å². The van der Waals surface area contributed by atoms with Gasteiger partial charge in [0.2, 0.25) is 6.79 Å². The first-order valence-electron chi connectivity index (χ1n) is 6.19. The Morgan fingerprint density at radius 1 is 1.29 bits per heavy atom. The third-order valence-corrected chi connectivity index (χ3v) is 3.99. The van der Waals surface area contributed by atoms with E-state index in [1.54, 1.807) is 23.7 Å². The van der Waals surface area contributed by atoms with Gasteiger partial charge in [-0.05, 0) is 29.9 Å². The van der Waals surface area contributed by atoms with Crippen LogP contribution in [0.15, 0.2) is 48.0 Å². The SMILES string of the molecule is O=C(C=CC=Cc1ccc2c(c1)OCO2)n1ccsc1=S. The Balaban J connectivity index is 1.67. The molecule has 0 N–H and O–H groups in total. The molecule has 0 saturated heterocycles. The lowest BCUT2D eigenvalue weighted by Gasteiger charge is -1.96. The molecule has 0 bridgehead atoms. The summed E-state index contributed by atoms with van der Waals surface area (Å²) in [6.07, 6.45) is 8.52. The van der Waals surface area contributed by atoms with Crippen LogP contribution < -0.4 is 9.47 Å². The molecule has 0 amide bonds. The molecule has 1 aromatic carbocycles. The summed E-state index contributed by atoms with van der Waals surface area (Å²) < 4.78 is 12.5. The number of benzene rings is 1. The Morgan fingerprint density at radius 2 is 2.14 bits per heavy atom. The molecule has 2 heterocycles. The number of carbonyl (C=O) groups excluding carboxylic acids is 1. The number of fused-ring (bicyclic) bond motifs is 1. The summed E-state index contributed by atoms with van der Waals surface area (Å²) in [4.78, 5) is 11.8. The van der Waals surface area contributed by atoms with Crippen molar-refractivity contribution in [3.05, 3.63) is 57.5 Å². The molecule has 0 unspecified atom stereocenters. The molecule has 0 aliphatic carbocycles. The maximum atomic E-state index is 11.8. The van der Waals surface area contributed by atoms with Gasteiger partial charge in [0.1, 0.15) is 0 Å². The predicted molar refractivity (Wildman–Crippen MR) is 84.5 cm³/mol. The van der Waals surface area contributed by atoms with E-state index in [1.807, 2.05) is 24.3 Å². The quantitative estimate of drug-likeness (QED) is 0.489. The minimum atomic E-state index is -0.156. The molecule has 0 saturated carbocycles. The highest BCUT2D eigenvalue weighted by molar-refractivity contribution is 7.73. The lowest BCUT2D eigenvalue weighted by atomic mass is 10.2. The predicted octanol–water partition coefficient (Wildman–Crippen LogP) is 3.92. The van der Waals surface area contributed by atoms with Crippen molar-refractivity contribution in [2.45, 2.75) is 0 Å². The summed E-state index contributed by atoms with van der Waals surface area (Å²) >= 11 is 6.41. The van der Waals surface area contributed by atoms with Crippen LogP contribution in [0.1, 0.15) is 10.4 Å². The van der Waals surface area contributed by atoms with Crippen LogP contribution in [0.2, 0.25) is 0 Å². The number of aromatic nitrogens is 1. The molecule has 0 radical (unpaired) electrons. The lowest BCUT2D eigenvalue weighted by molar-refractivity contribution is 0.0968. The largest absolute Gasteiger partial charge is 0.454 e. The molecule has 0 fully saturated rings. The highest BCUT2D eigenvalue weighted by atomic mass is 32.1. The summed E-state index contributed by atoms with van der Waals surface area (Å²) in [5, 5.41) is 1.79. The van der Waals surface area contributed by atoms with Gasteiger partial charge in [0.25, 0.3) is 5.91 Å². The molecule has 1 aliphatic heterocycles. The number of carbonyl (C=O) groups is 1. The van der Waals surface area contributed by atoms with Crippen LogP contribution in [-0.4, -0.2) is 17.3 Å².